The molecule has 31 heavy (non-hydrogen) atoms. The van der Waals surface area contributed by atoms with Crippen molar-refractivity contribution in [3.63, 3.8) is 0 Å². The number of rotatable bonds is 5. The number of aromatic nitrogens is 1. The first-order valence-electron chi connectivity index (χ1n) is 10.1. The van der Waals surface area contributed by atoms with Crippen molar-refractivity contribution in [1.82, 2.24) is 9.88 Å². The Labute approximate surface area is 184 Å². The first kappa shape index (κ1) is 23.0. The zero-order valence-corrected chi connectivity index (χ0v) is 18.3. The molecule has 9 heteroatoms. The van der Waals surface area contributed by atoms with Gasteiger partial charge in [0.2, 0.25) is 0 Å². The Kier molecular flexibility index (Phi) is 6.81. The van der Waals surface area contributed by atoms with Crippen molar-refractivity contribution in [2.75, 3.05) is 5.32 Å². The van der Waals surface area contributed by atoms with Crippen LogP contribution in [0.5, 0.6) is 0 Å². The number of aliphatic hydroxyl groups is 1. The third-order valence-electron chi connectivity index (χ3n) is 5.79. The van der Waals surface area contributed by atoms with Crippen LogP contribution in [0.2, 0.25) is 5.02 Å². The van der Waals surface area contributed by atoms with Gasteiger partial charge in [-0.25, -0.2) is 4.39 Å². The molecule has 0 unspecified atom stereocenters. The van der Waals surface area contributed by atoms with Gasteiger partial charge in [-0.1, -0.05) is 11.6 Å². The van der Waals surface area contributed by atoms with Crippen LogP contribution in [0.1, 0.15) is 57.8 Å². The number of hydrogen-bond acceptors (Lipinski definition) is 4. The molecule has 0 spiro atoms. The summed E-state index contributed by atoms with van der Waals surface area (Å²) in [4.78, 5) is 38.3. The van der Waals surface area contributed by atoms with E-state index in [-0.39, 0.29) is 28.4 Å². The van der Waals surface area contributed by atoms with Crippen LogP contribution < -0.4 is 10.6 Å². The minimum Gasteiger partial charge on any atom is -0.393 e. The Balaban J connectivity index is 1.80. The van der Waals surface area contributed by atoms with E-state index in [2.05, 4.69) is 10.6 Å². The average molecular weight is 450 g/mol. The third kappa shape index (κ3) is 4.80. The molecule has 1 saturated carbocycles. The fraction of sp³-hybridized carbons (Fsp3) is 0.409. The van der Waals surface area contributed by atoms with E-state index in [9.17, 15) is 23.9 Å². The summed E-state index contributed by atoms with van der Waals surface area (Å²) in [5, 5.41) is 14.9. The van der Waals surface area contributed by atoms with E-state index >= 15 is 0 Å². The van der Waals surface area contributed by atoms with Crippen LogP contribution in [0, 0.1) is 19.7 Å². The summed E-state index contributed by atoms with van der Waals surface area (Å²) < 4.78 is 14.9. The molecule has 1 heterocycles. The molecule has 0 saturated heterocycles. The number of amides is 2. The number of carbonyl (C=O) groups excluding carboxylic acids is 3. The third-order valence-corrected chi connectivity index (χ3v) is 6.08. The van der Waals surface area contributed by atoms with E-state index in [0.29, 0.717) is 42.6 Å². The molecule has 1 aliphatic rings. The van der Waals surface area contributed by atoms with Gasteiger partial charge in [-0.2, -0.15) is 0 Å². The number of Topliss-reactive ketones (excluding diaryl/α,β-unsaturated/α-hetero) is 1. The highest BCUT2D eigenvalue weighted by molar-refractivity contribution is 6.43. The summed E-state index contributed by atoms with van der Waals surface area (Å²) in [5.41, 5.74) is 1.60. The lowest BCUT2D eigenvalue weighted by Crippen LogP contribution is -2.42. The van der Waals surface area contributed by atoms with E-state index in [1.54, 1.807) is 20.9 Å². The highest BCUT2D eigenvalue weighted by atomic mass is 35.5. The zero-order valence-electron chi connectivity index (χ0n) is 17.6. The van der Waals surface area contributed by atoms with E-state index in [0.717, 1.165) is 6.07 Å². The molecule has 166 valence electrons. The van der Waals surface area contributed by atoms with Gasteiger partial charge < -0.3 is 20.3 Å². The van der Waals surface area contributed by atoms with E-state index < -0.39 is 23.4 Å². The molecule has 1 aromatic heterocycles. The van der Waals surface area contributed by atoms with Crippen molar-refractivity contribution >= 4 is 34.9 Å². The Hall–Kier alpha value is -2.71. The lowest BCUT2D eigenvalue weighted by molar-refractivity contribution is -0.118. The van der Waals surface area contributed by atoms with Crippen molar-refractivity contribution in [3.05, 3.63) is 51.6 Å². The van der Waals surface area contributed by atoms with Crippen LogP contribution in [-0.2, 0) is 11.8 Å². The fourth-order valence-corrected chi connectivity index (χ4v) is 4.16. The maximum absolute atomic E-state index is 13.4. The van der Waals surface area contributed by atoms with E-state index in [1.807, 2.05) is 0 Å². The molecule has 0 radical (unpaired) electrons. The molecule has 0 aliphatic heterocycles. The second-order valence-electron chi connectivity index (χ2n) is 7.88. The summed E-state index contributed by atoms with van der Waals surface area (Å²) in [6, 6.07) is 3.66. The molecule has 0 bridgehead atoms. The quantitative estimate of drug-likeness (QED) is 0.481. The Morgan fingerprint density at radius 1 is 1.16 bits per heavy atom. The van der Waals surface area contributed by atoms with Gasteiger partial charge in [0.1, 0.15) is 5.82 Å². The van der Waals surface area contributed by atoms with Crippen LogP contribution in [0.15, 0.2) is 18.2 Å². The van der Waals surface area contributed by atoms with Crippen molar-refractivity contribution in [1.29, 1.82) is 0 Å². The van der Waals surface area contributed by atoms with Crippen molar-refractivity contribution in [3.8, 4) is 0 Å². The lowest BCUT2D eigenvalue weighted by atomic mass is 9.93. The minimum absolute atomic E-state index is 0.123. The number of ketones is 1. The van der Waals surface area contributed by atoms with Crippen LogP contribution in [-0.4, -0.2) is 39.4 Å². The second-order valence-corrected chi connectivity index (χ2v) is 8.29. The monoisotopic (exact) mass is 449 g/mol. The number of carbonyl (C=O) groups is 3. The molecule has 1 fully saturated rings. The molecule has 0 atom stereocenters. The smallest absolute Gasteiger partial charge is 0.294 e. The van der Waals surface area contributed by atoms with Crippen molar-refractivity contribution in [2.45, 2.75) is 51.7 Å². The summed E-state index contributed by atoms with van der Waals surface area (Å²) in [6.07, 6.45) is 2.02. The fourth-order valence-electron chi connectivity index (χ4n) is 3.98. The van der Waals surface area contributed by atoms with E-state index in [1.165, 1.54) is 16.7 Å². The Bertz CT molecular complexity index is 1040. The average Bonchev–Trinajstić information content (AvgIpc) is 2.94. The first-order chi connectivity index (χ1) is 14.6. The van der Waals surface area contributed by atoms with Gasteiger partial charge in [0.05, 0.1) is 22.4 Å². The molecular formula is C22H25ClFN3O4. The van der Waals surface area contributed by atoms with Gasteiger partial charge in [-0.05, 0) is 63.3 Å². The summed E-state index contributed by atoms with van der Waals surface area (Å²) in [7, 11) is 1.62. The minimum atomic E-state index is -0.734. The molecule has 1 aromatic carbocycles. The number of benzene rings is 1. The number of hydrogen-bond donors (Lipinski definition) is 3. The molecular weight excluding hydrogens is 425 g/mol. The highest BCUT2D eigenvalue weighted by Gasteiger charge is 2.30. The lowest BCUT2D eigenvalue weighted by Gasteiger charge is -2.25. The standard InChI is InChI=1S/C22H25ClFN3O4/c1-11-18(21(30)26-14-6-9-17(24)16(23)10-14)12(2)27(3)19(11)20(29)22(31)25-13-4-7-15(28)8-5-13/h6,9-10,13,15,28H,4-5,7-8H2,1-3H3,(H,25,31)(H,26,30)/t13-,15+. The number of anilines is 1. The summed E-state index contributed by atoms with van der Waals surface area (Å²) in [5.74, 6) is -2.55. The van der Waals surface area contributed by atoms with Gasteiger partial charge in [0.25, 0.3) is 17.6 Å². The normalized spacial score (nSPS) is 18.5. The zero-order chi connectivity index (χ0) is 22.9. The van der Waals surface area contributed by atoms with Gasteiger partial charge in [-0.3, -0.25) is 14.4 Å². The van der Waals surface area contributed by atoms with Crippen molar-refractivity contribution in [2.24, 2.45) is 7.05 Å². The molecule has 1 aliphatic carbocycles. The Morgan fingerprint density at radius 2 is 1.81 bits per heavy atom. The highest BCUT2D eigenvalue weighted by Crippen LogP contribution is 2.25. The largest absolute Gasteiger partial charge is 0.393 e. The summed E-state index contributed by atoms with van der Waals surface area (Å²) in [6.45, 7) is 3.29. The topological polar surface area (TPSA) is 100 Å². The first-order valence-corrected chi connectivity index (χ1v) is 10.4. The van der Waals surface area contributed by atoms with Crippen LogP contribution in [0.4, 0.5) is 10.1 Å². The maximum atomic E-state index is 13.4. The predicted molar refractivity (Wildman–Crippen MR) is 115 cm³/mol. The second kappa shape index (κ2) is 9.20. The number of nitrogens with zero attached hydrogens (tertiary/aromatic N) is 1. The van der Waals surface area contributed by atoms with Gasteiger partial charge in [0, 0.05) is 24.5 Å². The SMILES string of the molecule is Cc1c(C(=O)Nc2ccc(F)c(Cl)c2)c(C)n(C)c1C(=O)C(=O)N[C@H]1CC[C@@H](O)CC1. The number of halogens is 2. The Morgan fingerprint density at radius 3 is 2.42 bits per heavy atom. The van der Waals surface area contributed by atoms with Gasteiger partial charge in [0.15, 0.2) is 0 Å². The van der Waals surface area contributed by atoms with Crippen LogP contribution in [0.3, 0.4) is 0 Å². The van der Waals surface area contributed by atoms with Gasteiger partial charge in [-0.15, -0.1) is 0 Å². The van der Waals surface area contributed by atoms with Crippen molar-refractivity contribution < 1.29 is 23.9 Å². The molecule has 3 N–H and O–H groups in total. The van der Waals surface area contributed by atoms with Crippen LogP contribution in [0.25, 0.3) is 0 Å². The van der Waals surface area contributed by atoms with Crippen LogP contribution >= 0.6 is 11.6 Å². The predicted octanol–water partition coefficient (Wildman–Crippen LogP) is 3.29. The molecule has 7 nitrogen and oxygen atoms in total. The molecule has 2 amide bonds. The number of nitrogens with one attached hydrogen (secondary N) is 2. The maximum Gasteiger partial charge on any atom is 0.294 e. The molecule has 2 aromatic rings. The molecule has 3 rings (SSSR count). The van der Waals surface area contributed by atoms with E-state index in [4.69, 9.17) is 11.6 Å². The van der Waals surface area contributed by atoms with Gasteiger partial charge >= 0.3 is 0 Å². The summed E-state index contributed by atoms with van der Waals surface area (Å²) >= 11 is 5.77. The number of aliphatic hydroxyl groups excluding tert-OH is 1.